The van der Waals surface area contributed by atoms with Gasteiger partial charge in [0.2, 0.25) is 5.69 Å². The largest absolute Gasteiger partial charge is 0.748 e. The average molecular weight is 643 g/mol. The lowest BCUT2D eigenvalue weighted by Crippen LogP contribution is -2.28. The monoisotopic (exact) mass is 642 g/mol. The summed E-state index contributed by atoms with van der Waals surface area (Å²) in [5.41, 5.74) is 4.88. The minimum Gasteiger partial charge on any atom is -0.748 e. The molecule has 0 unspecified atom stereocenters. The van der Waals surface area contributed by atoms with Gasteiger partial charge in [-0.1, -0.05) is 50.3 Å². The first kappa shape index (κ1) is 33.3. The van der Waals surface area contributed by atoms with Crippen molar-refractivity contribution in [2.75, 3.05) is 29.5 Å². The number of carbonyl (C=O) groups is 1. The number of ether oxygens (including phenoxy) is 1. The molecule has 0 aliphatic carbocycles. The Morgan fingerprint density at radius 1 is 0.932 bits per heavy atom. The van der Waals surface area contributed by atoms with E-state index in [0.717, 1.165) is 33.9 Å². The highest BCUT2D eigenvalue weighted by atomic mass is 32.2. The van der Waals surface area contributed by atoms with E-state index >= 15 is 0 Å². The van der Waals surface area contributed by atoms with E-state index in [1.165, 1.54) is 0 Å². The molecule has 10 nitrogen and oxygen atoms in total. The number of hydrogen-bond donors (Lipinski definition) is 1. The van der Waals surface area contributed by atoms with Gasteiger partial charge in [0.15, 0.2) is 5.71 Å². The molecule has 0 saturated heterocycles. The first-order chi connectivity index (χ1) is 20.6. The van der Waals surface area contributed by atoms with Crippen LogP contribution in [-0.4, -0.2) is 67.3 Å². The third kappa shape index (κ3) is 7.37. The van der Waals surface area contributed by atoms with Gasteiger partial charge in [-0.05, 0) is 50.1 Å². The van der Waals surface area contributed by atoms with Gasteiger partial charge < -0.3 is 14.2 Å². The molecule has 2 aliphatic rings. The SMILES string of the molecule is CC1(C)C(/C=C/C=C/C=C2/N(CCCS(=O)(=O)[O-])c3ccc(OC=O)cc3C2(C)C)=[N+](CCCS(=O)(=O)O)c2ccccc21. The Labute approximate surface area is 259 Å². The van der Waals surface area contributed by atoms with Crippen molar-refractivity contribution in [2.24, 2.45) is 0 Å². The third-order valence-electron chi connectivity index (χ3n) is 8.14. The van der Waals surface area contributed by atoms with E-state index in [2.05, 4.69) is 24.5 Å². The number of para-hydroxylation sites is 1. The van der Waals surface area contributed by atoms with Crippen LogP contribution < -0.4 is 9.64 Å². The normalized spacial score (nSPS) is 18.4. The van der Waals surface area contributed by atoms with Crippen LogP contribution in [0.15, 0.2) is 78.5 Å². The first-order valence-electron chi connectivity index (χ1n) is 14.3. The van der Waals surface area contributed by atoms with Crippen LogP contribution in [0.4, 0.5) is 11.4 Å². The van der Waals surface area contributed by atoms with Crippen LogP contribution in [-0.2, 0) is 35.9 Å². The van der Waals surface area contributed by atoms with Crippen molar-refractivity contribution in [3.05, 3.63) is 89.7 Å². The maximum atomic E-state index is 11.3. The molecular weight excluding hydrogens is 604 g/mol. The van der Waals surface area contributed by atoms with Crippen molar-refractivity contribution < 1.29 is 40.0 Å². The van der Waals surface area contributed by atoms with Gasteiger partial charge in [0.05, 0.1) is 21.3 Å². The summed E-state index contributed by atoms with van der Waals surface area (Å²) >= 11 is 0. The zero-order valence-corrected chi connectivity index (χ0v) is 26.9. The summed E-state index contributed by atoms with van der Waals surface area (Å²) in [6.45, 7) is 9.36. The van der Waals surface area contributed by atoms with Crippen molar-refractivity contribution in [3.8, 4) is 5.75 Å². The molecule has 0 atom stereocenters. The van der Waals surface area contributed by atoms with Crippen molar-refractivity contribution in [1.82, 2.24) is 0 Å². The van der Waals surface area contributed by atoms with Crippen LogP contribution >= 0.6 is 0 Å². The highest BCUT2D eigenvalue weighted by Crippen LogP contribution is 2.49. The number of carbonyl (C=O) groups excluding carboxylic acids is 1. The fourth-order valence-corrected chi connectivity index (χ4v) is 7.04. The number of benzene rings is 2. The Hall–Kier alpha value is -3.58. The number of allylic oxidation sites excluding steroid dienone is 6. The summed E-state index contributed by atoms with van der Waals surface area (Å²) in [5.74, 6) is -0.407. The standard InChI is InChI=1S/C32H38N2O8S2/c1-31(2)25-12-8-9-13-27(25)33(18-10-20-43(36,37)38)29(31)14-6-5-7-15-30-32(3,4)26-22-24(42-23-35)16-17-28(26)34(30)19-11-21-44(39,40)41/h5-9,12-17,22-23H,10-11,18-21H2,1-4H3,(H-,36,37,38,39,40,41). The summed E-state index contributed by atoms with van der Waals surface area (Å²) in [6.07, 6.45) is 10.0. The highest BCUT2D eigenvalue weighted by molar-refractivity contribution is 7.85. The van der Waals surface area contributed by atoms with Gasteiger partial charge in [0, 0.05) is 53.2 Å². The number of nitrogens with zero attached hydrogens (tertiary/aromatic N) is 2. The van der Waals surface area contributed by atoms with E-state index in [-0.39, 0.29) is 24.0 Å². The molecule has 0 aromatic heterocycles. The summed E-state index contributed by atoms with van der Waals surface area (Å²) in [4.78, 5) is 12.9. The highest BCUT2D eigenvalue weighted by Gasteiger charge is 2.44. The lowest BCUT2D eigenvalue weighted by atomic mass is 9.81. The molecule has 4 rings (SSSR count). The minimum atomic E-state index is -4.36. The Balaban J connectivity index is 1.64. The molecule has 2 heterocycles. The zero-order valence-electron chi connectivity index (χ0n) is 25.3. The third-order valence-corrected chi connectivity index (χ3v) is 9.73. The van der Waals surface area contributed by atoms with Crippen LogP contribution in [0, 0.1) is 0 Å². The van der Waals surface area contributed by atoms with Crippen LogP contribution in [0.25, 0.3) is 0 Å². The van der Waals surface area contributed by atoms with Crippen LogP contribution in [0.1, 0.15) is 51.7 Å². The Bertz CT molecular complexity index is 1770. The molecule has 44 heavy (non-hydrogen) atoms. The summed E-state index contributed by atoms with van der Waals surface area (Å²) in [5, 5.41) is 0. The maximum absolute atomic E-state index is 11.3. The second kappa shape index (κ2) is 12.8. The molecule has 12 heteroatoms. The average Bonchev–Trinajstić information content (AvgIpc) is 3.26. The molecule has 0 fully saturated rings. The molecule has 2 aromatic carbocycles. The maximum Gasteiger partial charge on any atom is 0.298 e. The van der Waals surface area contributed by atoms with Gasteiger partial charge in [0.1, 0.15) is 12.3 Å². The number of fused-ring (bicyclic) bond motifs is 2. The van der Waals surface area contributed by atoms with E-state index in [9.17, 15) is 30.7 Å². The van der Waals surface area contributed by atoms with Gasteiger partial charge in [-0.15, -0.1) is 0 Å². The molecule has 2 aliphatic heterocycles. The van der Waals surface area contributed by atoms with Crippen LogP contribution in [0.2, 0.25) is 0 Å². The number of rotatable bonds is 13. The molecule has 236 valence electrons. The fraction of sp³-hybridized carbons (Fsp3) is 0.375. The van der Waals surface area contributed by atoms with Crippen LogP contribution in [0.3, 0.4) is 0 Å². The zero-order chi connectivity index (χ0) is 32.3. The predicted octanol–water partition coefficient (Wildman–Crippen LogP) is 4.61. The second-order valence-corrected chi connectivity index (χ2v) is 15.0. The van der Waals surface area contributed by atoms with E-state index < -0.39 is 31.4 Å². The molecule has 1 N–H and O–H groups in total. The van der Waals surface area contributed by atoms with E-state index in [1.54, 1.807) is 12.1 Å². The van der Waals surface area contributed by atoms with Gasteiger partial charge in [0.25, 0.3) is 16.6 Å². The van der Waals surface area contributed by atoms with E-state index in [4.69, 9.17) is 4.74 Å². The molecular formula is C32H38N2O8S2. The molecule has 0 saturated carbocycles. The Morgan fingerprint density at radius 2 is 1.66 bits per heavy atom. The fourth-order valence-electron chi connectivity index (χ4n) is 6.07. The van der Waals surface area contributed by atoms with Crippen molar-refractivity contribution in [2.45, 2.75) is 51.4 Å². The summed E-state index contributed by atoms with van der Waals surface area (Å²) < 4.78 is 72.9. The molecule has 2 aromatic rings. The number of anilines is 1. The van der Waals surface area contributed by atoms with Crippen molar-refractivity contribution in [3.63, 3.8) is 0 Å². The van der Waals surface area contributed by atoms with Crippen LogP contribution in [0.5, 0.6) is 5.75 Å². The molecule has 0 spiro atoms. The van der Waals surface area contributed by atoms with Crippen molar-refractivity contribution in [1.29, 1.82) is 0 Å². The Kier molecular flexibility index (Phi) is 9.69. The first-order valence-corrected chi connectivity index (χ1v) is 17.5. The molecule has 0 radical (unpaired) electrons. The molecule has 0 amide bonds. The number of hydrogen-bond acceptors (Lipinski definition) is 8. The van der Waals surface area contributed by atoms with Gasteiger partial charge in [-0.3, -0.25) is 9.35 Å². The van der Waals surface area contributed by atoms with Gasteiger partial charge >= 0.3 is 0 Å². The van der Waals surface area contributed by atoms with Gasteiger partial charge in [-0.2, -0.15) is 13.0 Å². The van der Waals surface area contributed by atoms with Crippen molar-refractivity contribution >= 4 is 43.8 Å². The Morgan fingerprint density at radius 3 is 2.34 bits per heavy atom. The lowest BCUT2D eigenvalue weighted by molar-refractivity contribution is -0.437. The van der Waals surface area contributed by atoms with E-state index in [0.29, 0.717) is 25.3 Å². The lowest BCUT2D eigenvalue weighted by Gasteiger charge is -2.27. The molecule has 0 bridgehead atoms. The van der Waals surface area contributed by atoms with E-state index in [1.807, 2.05) is 73.4 Å². The van der Waals surface area contributed by atoms with Gasteiger partial charge in [-0.25, -0.2) is 8.42 Å². The second-order valence-electron chi connectivity index (χ2n) is 11.9. The topological polar surface area (TPSA) is 144 Å². The smallest absolute Gasteiger partial charge is 0.298 e. The summed E-state index contributed by atoms with van der Waals surface area (Å²) in [6, 6.07) is 13.3. The summed E-state index contributed by atoms with van der Waals surface area (Å²) in [7, 11) is -8.43. The quantitative estimate of drug-likeness (QED) is 0.143. The predicted molar refractivity (Wildman–Crippen MR) is 169 cm³/mol. The minimum absolute atomic E-state index is 0.149.